The molecule has 1 saturated heterocycles. The number of hydrogen-bond donors (Lipinski definition) is 2. The summed E-state index contributed by atoms with van der Waals surface area (Å²) < 4.78 is 5.17. The maximum Gasteiger partial charge on any atom is 0.235 e. The lowest BCUT2D eigenvalue weighted by Crippen LogP contribution is -2.49. The number of nitrogens with two attached hydrogens (primary N) is 1. The lowest BCUT2D eigenvalue weighted by atomic mass is 10.2. The molecule has 1 aliphatic rings. The van der Waals surface area contributed by atoms with Gasteiger partial charge in [0.15, 0.2) is 0 Å². The predicted molar refractivity (Wildman–Crippen MR) is 53.4 cm³/mol. The van der Waals surface area contributed by atoms with E-state index in [1.54, 1.807) is 0 Å². The fourth-order valence-electron chi connectivity index (χ4n) is 1.28. The topological polar surface area (TPSA) is 67.6 Å². The van der Waals surface area contributed by atoms with Gasteiger partial charge < -0.3 is 10.5 Å². The van der Waals surface area contributed by atoms with Gasteiger partial charge in [0.2, 0.25) is 5.91 Å². The molecule has 1 atom stereocenters. The van der Waals surface area contributed by atoms with Gasteiger partial charge in [-0.2, -0.15) is 0 Å². The summed E-state index contributed by atoms with van der Waals surface area (Å²) in [6, 6.07) is -0.0314. The number of morpholine rings is 1. The zero-order valence-electron chi connectivity index (χ0n) is 8.66. The molecule has 0 aromatic rings. The lowest BCUT2D eigenvalue weighted by Gasteiger charge is -2.27. The largest absolute Gasteiger partial charge is 0.379 e. The minimum Gasteiger partial charge on any atom is -0.379 e. The molecule has 3 N–H and O–H groups in total. The molecule has 1 amide bonds. The van der Waals surface area contributed by atoms with Crippen LogP contribution in [0.4, 0.5) is 0 Å². The van der Waals surface area contributed by atoms with Crippen LogP contribution in [-0.2, 0) is 9.53 Å². The van der Waals surface area contributed by atoms with Crippen molar-refractivity contribution in [1.29, 1.82) is 0 Å². The van der Waals surface area contributed by atoms with Gasteiger partial charge in [0.05, 0.1) is 13.2 Å². The summed E-state index contributed by atoms with van der Waals surface area (Å²) >= 11 is 0. The molecule has 1 heterocycles. The highest BCUT2D eigenvalue weighted by atomic mass is 16.5. The monoisotopic (exact) mass is 201 g/mol. The Hall–Kier alpha value is -0.650. The predicted octanol–water partition coefficient (Wildman–Crippen LogP) is -0.523. The van der Waals surface area contributed by atoms with Crippen molar-refractivity contribution in [1.82, 2.24) is 10.4 Å². The number of hydrazine groups is 1. The third-order valence-corrected chi connectivity index (χ3v) is 2.27. The molecule has 1 unspecified atom stereocenters. The van der Waals surface area contributed by atoms with E-state index in [1.807, 2.05) is 11.9 Å². The fourth-order valence-corrected chi connectivity index (χ4v) is 1.28. The number of nitrogens with zero attached hydrogens (tertiary/aromatic N) is 1. The van der Waals surface area contributed by atoms with E-state index in [1.165, 1.54) is 0 Å². The van der Waals surface area contributed by atoms with Gasteiger partial charge in [0.1, 0.15) is 0 Å². The maximum absolute atomic E-state index is 11.4. The van der Waals surface area contributed by atoms with E-state index < -0.39 is 0 Å². The van der Waals surface area contributed by atoms with E-state index >= 15 is 0 Å². The summed E-state index contributed by atoms with van der Waals surface area (Å²) in [7, 11) is 0. The number of carbonyl (C=O) groups is 1. The molecule has 0 radical (unpaired) electrons. The molecule has 14 heavy (non-hydrogen) atoms. The van der Waals surface area contributed by atoms with Crippen LogP contribution in [0, 0.1) is 0 Å². The Morgan fingerprint density at radius 3 is 2.79 bits per heavy atom. The van der Waals surface area contributed by atoms with Crippen molar-refractivity contribution in [2.75, 3.05) is 26.3 Å². The maximum atomic E-state index is 11.4. The minimum atomic E-state index is -0.0314. The Labute approximate surface area is 84.5 Å². The molecule has 5 nitrogen and oxygen atoms in total. The highest BCUT2D eigenvalue weighted by Crippen LogP contribution is 1.96. The van der Waals surface area contributed by atoms with Gasteiger partial charge in [-0.1, -0.05) is 6.92 Å². The number of rotatable bonds is 4. The molecule has 0 aromatic heterocycles. The highest BCUT2D eigenvalue weighted by molar-refractivity contribution is 5.75. The smallest absolute Gasteiger partial charge is 0.235 e. The van der Waals surface area contributed by atoms with Crippen molar-refractivity contribution in [3.05, 3.63) is 0 Å². The Morgan fingerprint density at radius 2 is 2.21 bits per heavy atom. The van der Waals surface area contributed by atoms with Gasteiger partial charge in [0, 0.05) is 25.6 Å². The normalized spacial score (nSPS) is 20.4. The number of amides is 1. The molecule has 0 spiro atoms. The van der Waals surface area contributed by atoms with E-state index in [-0.39, 0.29) is 11.9 Å². The van der Waals surface area contributed by atoms with Gasteiger partial charge in [-0.05, 0) is 6.42 Å². The third kappa shape index (κ3) is 4.04. The van der Waals surface area contributed by atoms with Crippen molar-refractivity contribution in [2.24, 2.45) is 5.73 Å². The quantitative estimate of drug-likeness (QED) is 0.642. The molecular weight excluding hydrogens is 182 g/mol. The second kappa shape index (κ2) is 5.95. The van der Waals surface area contributed by atoms with E-state index in [0.717, 1.165) is 19.5 Å². The molecule has 0 bridgehead atoms. The van der Waals surface area contributed by atoms with Crippen LogP contribution < -0.4 is 11.2 Å². The zero-order valence-corrected chi connectivity index (χ0v) is 8.66. The second-order valence-corrected chi connectivity index (χ2v) is 3.51. The van der Waals surface area contributed by atoms with Crippen LogP contribution in [0.15, 0.2) is 0 Å². The van der Waals surface area contributed by atoms with Gasteiger partial charge in [-0.25, -0.2) is 5.01 Å². The number of carbonyl (C=O) groups excluding carboxylic acids is 1. The molecule has 0 saturated carbocycles. The minimum absolute atomic E-state index is 0.00116. The molecule has 1 aliphatic heterocycles. The van der Waals surface area contributed by atoms with Crippen LogP contribution in [0.3, 0.4) is 0 Å². The first kappa shape index (κ1) is 11.4. The van der Waals surface area contributed by atoms with E-state index in [9.17, 15) is 4.79 Å². The Kier molecular flexibility index (Phi) is 4.86. The van der Waals surface area contributed by atoms with Crippen molar-refractivity contribution < 1.29 is 9.53 Å². The lowest BCUT2D eigenvalue weighted by molar-refractivity contribution is -0.128. The molecule has 82 valence electrons. The van der Waals surface area contributed by atoms with Crippen molar-refractivity contribution in [3.63, 3.8) is 0 Å². The van der Waals surface area contributed by atoms with Gasteiger partial charge in [-0.15, -0.1) is 0 Å². The molecule has 1 fully saturated rings. The number of hydrogen-bond acceptors (Lipinski definition) is 4. The molecular formula is C9H19N3O2. The van der Waals surface area contributed by atoms with Gasteiger partial charge in [0.25, 0.3) is 0 Å². The van der Waals surface area contributed by atoms with Gasteiger partial charge >= 0.3 is 0 Å². The van der Waals surface area contributed by atoms with Crippen LogP contribution in [-0.4, -0.2) is 43.3 Å². The van der Waals surface area contributed by atoms with E-state index in [0.29, 0.717) is 19.6 Å². The van der Waals surface area contributed by atoms with Crippen molar-refractivity contribution in [3.8, 4) is 0 Å². The molecule has 1 rings (SSSR count). The average molecular weight is 201 g/mol. The SMILES string of the molecule is CCC(N)CC(=O)NN1CCOCC1. The fraction of sp³-hybridized carbons (Fsp3) is 0.889. The standard InChI is InChI=1S/C9H19N3O2/c1-2-8(10)7-9(13)11-12-3-5-14-6-4-12/h8H,2-7,10H2,1H3,(H,11,13). The second-order valence-electron chi connectivity index (χ2n) is 3.51. The molecule has 0 aliphatic carbocycles. The van der Waals surface area contributed by atoms with E-state index in [2.05, 4.69) is 5.43 Å². The molecule has 0 aromatic carbocycles. The Morgan fingerprint density at radius 1 is 1.57 bits per heavy atom. The van der Waals surface area contributed by atoms with Gasteiger partial charge in [-0.3, -0.25) is 10.2 Å². The first-order valence-electron chi connectivity index (χ1n) is 5.10. The van der Waals surface area contributed by atoms with Crippen LogP contribution in [0.1, 0.15) is 19.8 Å². The summed E-state index contributed by atoms with van der Waals surface area (Å²) in [5.74, 6) is 0.00116. The van der Waals surface area contributed by atoms with Crippen LogP contribution in [0.25, 0.3) is 0 Å². The molecule has 5 heteroatoms. The summed E-state index contributed by atoms with van der Waals surface area (Å²) in [4.78, 5) is 11.4. The Balaban J connectivity index is 2.18. The van der Waals surface area contributed by atoms with E-state index in [4.69, 9.17) is 10.5 Å². The van der Waals surface area contributed by atoms with Crippen LogP contribution >= 0.6 is 0 Å². The van der Waals surface area contributed by atoms with Crippen molar-refractivity contribution in [2.45, 2.75) is 25.8 Å². The first-order chi connectivity index (χ1) is 6.72. The van der Waals surface area contributed by atoms with Crippen LogP contribution in [0.5, 0.6) is 0 Å². The average Bonchev–Trinajstić information content (AvgIpc) is 2.19. The first-order valence-corrected chi connectivity index (χ1v) is 5.10. The Bertz CT molecular complexity index is 181. The number of ether oxygens (including phenoxy) is 1. The summed E-state index contributed by atoms with van der Waals surface area (Å²) in [6.45, 7) is 4.85. The van der Waals surface area contributed by atoms with Crippen molar-refractivity contribution >= 4 is 5.91 Å². The summed E-state index contributed by atoms with van der Waals surface area (Å²) in [5.41, 5.74) is 8.49. The highest BCUT2D eigenvalue weighted by Gasteiger charge is 2.14. The zero-order chi connectivity index (χ0) is 10.4. The van der Waals surface area contributed by atoms with Crippen LogP contribution in [0.2, 0.25) is 0 Å². The third-order valence-electron chi connectivity index (χ3n) is 2.27. The summed E-state index contributed by atoms with van der Waals surface area (Å²) in [5, 5.41) is 1.88. The summed E-state index contributed by atoms with van der Waals surface area (Å²) in [6.07, 6.45) is 1.23. The number of nitrogens with one attached hydrogen (secondary N) is 1.